The summed E-state index contributed by atoms with van der Waals surface area (Å²) < 4.78 is 32.9. The Kier molecular flexibility index (Phi) is 8.66. The van der Waals surface area contributed by atoms with Crippen LogP contribution < -0.4 is 4.74 Å². The average Bonchev–Trinajstić information content (AvgIpc) is 3.53. The molecule has 2 aliphatic rings. The van der Waals surface area contributed by atoms with Gasteiger partial charge in [0.05, 0.1) is 18.6 Å². The lowest BCUT2D eigenvalue weighted by molar-refractivity contribution is -0.134. The van der Waals surface area contributed by atoms with Crippen LogP contribution in [0.2, 0.25) is 0 Å². The van der Waals surface area contributed by atoms with E-state index in [0.29, 0.717) is 25.6 Å². The number of sulfonamides is 1. The smallest absolute Gasteiger partial charge is 0.243 e. The number of hydrogen-bond acceptors (Lipinski definition) is 4. The first-order chi connectivity index (χ1) is 19.4. The maximum Gasteiger partial charge on any atom is 0.243 e. The fraction of sp³-hybridized carbons (Fsp3) is 0.469. The van der Waals surface area contributed by atoms with E-state index in [9.17, 15) is 13.2 Å². The summed E-state index contributed by atoms with van der Waals surface area (Å²) in [4.78, 5) is 18.7. The summed E-state index contributed by atoms with van der Waals surface area (Å²) in [6.45, 7) is 3.54. The number of aromatic amines is 1. The number of rotatable bonds is 11. The number of hydrogen-bond donors (Lipinski definition) is 1. The number of ether oxygens (including phenoxy) is 1. The van der Waals surface area contributed by atoms with Crippen molar-refractivity contribution >= 4 is 15.9 Å². The van der Waals surface area contributed by atoms with Crippen molar-refractivity contribution in [1.82, 2.24) is 14.2 Å². The van der Waals surface area contributed by atoms with Gasteiger partial charge in [0.25, 0.3) is 0 Å². The Morgan fingerprint density at radius 1 is 1.02 bits per heavy atom. The highest BCUT2D eigenvalue weighted by atomic mass is 32.2. The maximum absolute atomic E-state index is 13.1. The van der Waals surface area contributed by atoms with Gasteiger partial charge < -0.3 is 14.6 Å². The molecule has 1 aromatic heterocycles. The van der Waals surface area contributed by atoms with Crippen LogP contribution in [-0.4, -0.2) is 61.8 Å². The molecule has 2 aromatic carbocycles. The number of fused-ring (bicyclic) bond motifs is 1. The first-order valence-corrected chi connectivity index (χ1v) is 15.9. The summed E-state index contributed by atoms with van der Waals surface area (Å²) in [7, 11) is -1.95. The molecular formula is C32H41N3O4S. The van der Waals surface area contributed by atoms with Crippen molar-refractivity contribution in [2.45, 2.75) is 62.2 Å². The highest BCUT2D eigenvalue weighted by molar-refractivity contribution is 7.89. The highest BCUT2D eigenvalue weighted by Crippen LogP contribution is 2.46. The first kappa shape index (κ1) is 28.4. The van der Waals surface area contributed by atoms with Gasteiger partial charge in [-0.1, -0.05) is 37.6 Å². The number of piperazine rings is 1. The van der Waals surface area contributed by atoms with Crippen LogP contribution in [0.1, 0.15) is 55.8 Å². The van der Waals surface area contributed by atoms with Crippen molar-refractivity contribution in [3.63, 3.8) is 0 Å². The van der Waals surface area contributed by atoms with Crippen molar-refractivity contribution in [1.29, 1.82) is 0 Å². The van der Waals surface area contributed by atoms with E-state index >= 15 is 0 Å². The van der Waals surface area contributed by atoms with Crippen LogP contribution in [0.4, 0.5) is 0 Å². The molecule has 2 unspecified atom stereocenters. The van der Waals surface area contributed by atoms with E-state index in [4.69, 9.17) is 4.74 Å². The van der Waals surface area contributed by atoms with Crippen molar-refractivity contribution in [3.05, 3.63) is 83.7 Å². The molecule has 1 fully saturated rings. The number of carbonyl (C=O) groups is 1. The molecule has 8 heteroatoms. The molecule has 0 bridgehead atoms. The summed E-state index contributed by atoms with van der Waals surface area (Å²) in [5.41, 5.74) is 4.08. The van der Waals surface area contributed by atoms with E-state index < -0.39 is 10.0 Å². The minimum atomic E-state index is -3.67. The first-order valence-electron chi connectivity index (χ1n) is 14.5. The summed E-state index contributed by atoms with van der Waals surface area (Å²) in [5, 5.41) is 0. The zero-order valence-electron chi connectivity index (χ0n) is 23.6. The second-order valence-electron chi connectivity index (χ2n) is 11.2. The van der Waals surface area contributed by atoms with Gasteiger partial charge in [0.2, 0.25) is 15.9 Å². The molecule has 1 amide bonds. The number of benzene rings is 2. The minimum Gasteiger partial charge on any atom is -0.497 e. The molecule has 40 heavy (non-hydrogen) atoms. The molecule has 1 N–H and O–H groups in total. The lowest BCUT2D eigenvalue weighted by Gasteiger charge is -2.44. The van der Waals surface area contributed by atoms with E-state index in [0.717, 1.165) is 50.7 Å². The average molecular weight is 564 g/mol. The Balaban J connectivity index is 1.29. The number of nitrogens with zero attached hydrogens (tertiary/aromatic N) is 2. The van der Waals surface area contributed by atoms with Crippen LogP contribution in [0.15, 0.2) is 71.8 Å². The maximum atomic E-state index is 13.1. The fourth-order valence-electron chi connectivity index (χ4n) is 6.90. The summed E-state index contributed by atoms with van der Waals surface area (Å²) >= 11 is 0. The summed E-state index contributed by atoms with van der Waals surface area (Å²) in [6, 6.07) is 19.2. The molecule has 0 radical (unpaired) electrons. The van der Waals surface area contributed by atoms with Gasteiger partial charge in [0.15, 0.2) is 0 Å². The topological polar surface area (TPSA) is 82.7 Å². The molecule has 2 heterocycles. The third-order valence-corrected chi connectivity index (χ3v) is 10.8. The number of aromatic nitrogens is 1. The van der Waals surface area contributed by atoms with Crippen molar-refractivity contribution < 1.29 is 17.9 Å². The van der Waals surface area contributed by atoms with Gasteiger partial charge in [-0.2, -0.15) is 4.31 Å². The van der Waals surface area contributed by atoms with Crippen LogP contribution in [-0.2, 0) is 33.1 Å². The molecule has 0 spiro atoms. The molecule has 2 atom stereocenters. The van der Waals surface area contributed by atoms with E-state index in [1.807, 2.05) is 11.1 Å². The van der Waals surface area contributed by atoms with Gasteiger partial charge in [-0.3, -0.25) is 4.79 Å². The van der Waals surface area contributed by atoms with E-state index in [1.54, 1.807) is 37.4 Å². The lowest BCUT2D eigenvalue weighted by atomic mass is 9.61. The third kappa shape index (κ3) is 5.70. The van der Waals surface area contributed by atoms with Crippen LogP contribution in [0.25, 0.3) is 0 Å². The molecule has 214 valence electrons. The molecule has 0 saturated carbocycles. The largest absolute Gasteiger partial charge is 0.497 e. The van der Waals surface area contributed by atoms with E-state index in [1.165, 1.54) is 21.1 Å². The van der Waals surface area contributed by atoms with Crippen molar-refractivity contribution in [3.8, 4) is 5.75 Å². The van der Waals surface area contributed by atoms with Gasteiger partial charge in [-0.05, 0) is 92.0 Å². The number of H-pyrrole nitrogens is 1. The SMILES string of the molecule is CCCC(CCCN1CCN(S(=O)(=O)c2ccccc2)CC1=O)(c1ccc[nH]1)C1CCc2ccc(OC)cc2C1. The summed E-state index contributed by atoms with van der Waals surface area (Å²) in [5.74, 6) is 1.27. The standard InChI is InChI=1S/C32H41N3O4S/c1-3-16-32(30-11-7-18-33-30,27-14-12-25-13-15-28(39-2)23-26(25)22-27)17-8-19-34-20-21-35(24-31(34)36)40(37,38)29-9-5-4-6-10-29/h4-7,9-11,13,15,18,23,27,33H,3,8,12,14,16-17,19-22,24H2,1-2H3. The van der Waals surface area contributed by atoms with Crippen LogP contribution in [0, 0.1) is 5.92 Å². The monoisotopic (exact) mass is 563 g/mol. The number of amides is 1. The zero-order chi connectivity index (χ0) is 28.2. The Labute approximate surface area is 238 Å². The minimum absolute atomic E-state index is 0.0134. The lowest BCUT2D eigenvalue weighted by Crippen LogP contribution is -2.52. The van der Waals surface area contributed by atoms with Crippen LogP contribution in [0.5, 0.6) is 5.75 Å². The van der Waals surface area contributed by atoms with Gasteiger partial charge in [-0.25, -0.2) is 8.42 Å². The molecular weight excluding hydrogens is 522 g/mol. The normalized spacial score (nSPS) is 19.7. The van der Waals surface area contributed by atoms with Gasteiger partial charge in [-0.15, -0.1) is 0 Å². The predicted molar refractivity (Wildman–Crippen MR) is 157 cm³/mol. The Bertz CT molecular complexity index is 1390. The number of nitrogens with one attached hydrogen (secondary N) is 1. The fourth-order valence-corrected chi connectivity index (χ4v) is 8.30. The summed E-state index contributed by atoms with van der Waals surface area (Å²) in [6.07, 6.45) is 9.23. The molecule has 1 aliphatic carbocycles. The third-order valence-electron chi connectivity index (χ3n) is 8.97. The predicted octanol–water partition coefficient (Wildman–Crippen LogP) is 5.18. The van der Waals surface area contributed by atoms with Crippen molar-refractivity contribution in [2.75, 3.05) is 33.3 Å². The van der Waals surface area contributed by atoms with Gasteiger partial charge in [0, 0.05) is 36.9 Å². The molecule has 1 aliphatic heterocycles. The Hall–Kier alpha value is -3.10. The quantitative estimate of drug-likeness (QED) is 0.349. The van der Waals surface area contributed by atoms with Crippen LogP contribution in [0.3, 0.4) is 0 Å². The van der Waals surface area contributed by atoms with Crippen molar-refractivity contribution in [2.24, 2.45) is 5.92 Å². The number of methoxy groups -OCH3 is 1. The number of aryl methyl sites for hydroxylation is 1. The second kappa shape index (κ2) is 12.2. The molecule has 7 nitrogen and oxygen atoms in total. The molecule has 5 rings (SSSR count). The van der Waals surface area contributed by atoms with E-state index in [2.05, 4.69) is 42.2 Å². The zero-order valence-corrected chi connectivity index (χ0v) is 24.5. The number of carbonyl (C=O) groups excluding carboxylic acids is 1. The van der Waals surface area contributed by atoms with Crippen LogP contribution >= 0.6 is 0 Å². The Morgan fingerprint density at radius 2 is 1.85 bits per heavy atom. The van der Waals surface area contributed by atoms with E-state index in [-0.39, 0.29) is 22.8 Å². The van der Waals surface area contributed by atoms with Gasteiger partial charge >= 0.3 is 0 Å². The molecule has 3 aromatic rings. The Morgan fingerprint density at radius 3 is 2.55 bits per heavy atom. The highest BCUT2D eigenvalue weighted by Gasteiger charge is 2.42. The second-order valence-corrected chi connectivity index (χ2v) is 13.1. The molecule has 1 saturated heterocycles. The van der Waals surface area contributed by atoms with Gasteiger partial charge in [0.1, 0.15) is 5.75 Å².